The Labute approximate surface area is 106 Å². The van der Waals surface area contributed by atoms with E-state index in [0.29, 0.717) is 5.56 Å². The summed E-state index contributed by atoms with van der Waals surface area (Å²) >= 11 is 0. The van der Waals surface area contributed by atoms with Gasteiger partial charge in [0.05, 0.1) is 6.10 Å². The number of amides is 1. The Hall–Kier alpha value is -2.13. The number of carbonyl (C=O) groups is 1. The number of aryl methyl sites for hydroxylation is 1. The highest BCUT2D eigenvalue weighted by atomic mass is 16.5. The van der Waals surface area contributed by atoms with Gasteiger partial charge in [-0.2, -0.15) is 0 Å². The number of rotatable bonds is 2. The lowest BCUT2D eigenvalue weighted by Crippen LogP contribution is -2.73. The molecule has 1 aliphatic heterocycles. The van der Waals surface area contributed by atoms with E-state index in [9.17, 15) is 19.5 Å². The van der Waals surface area contributed by atoms with Gasteiger partial charge in [0.2, 0.25) is 6.10 Å². The van der Waals surface area contributed by atoms with Gasteiger partial charge >= 0.3 is 11.6 Å². The third kappa shape index (κ3) is 2.37. The van der Waals surface area contributed by atoms with E-state index in [1.807, 2.05) is 0 Å². The fourth-order valence-electron chi connectivity index (χ4n) is 1.92. The molecule has 0 aromatic carbocycles. The monoisotopic (exact) mass is 268 g/mol. The Morgan fingerprint density at radius 1 is 1.63 bits per heavy atom. The Morgan fingerprint density at radius 3 is 2.95 bits per heavy atom. The van der Waals surface area contributed by atoms with E-state index < -0.39 is 35.6 Å². The maximum absolute atomic E-state index is 11.6. The van der Waals surface area contributed by atoms with Crippen LogP contribution >= 0.6 is 0 Å². The van der Waals surface area contributed by atoms with E-state index in [1.54, 1.807) is 0 Å². The number of aliphatic hydroxyl groups excluding tert-OH is 1. The van der Waals surface area contributed by atoms with E-state index >= 15 is 0 Å². The van der Waals surface area contributed by atoms with Crippen LogP contribution in [-0.2, 0) is 9.53 Å². The van der Waals surface area contributed by atoms with Crippen LogP contribution in [0.25, 0.3) is 5.53 Å². The molecule has 1 aromatic heterocycles. The van der Waals surface area contributed by atoms with Gasteiger partial charge in [-0.05, 0) is 6.92 Å². The molecule has 2 rings (SSSR count). The van der Waals surface area contributed by atoms with Gasteiger partial charge in [0.25, 0.3) is 5.56 Å². The van der Waals surface area contributed by atoms with Gasteiger partial charge in [-0.3, -0.25) is 19.5 Å². The number of aromatic nitrogens is 2. The van der Waals surface area contributed by atoms with E-state index in [0.717, 1.165) is 4.57 Å². The standard InChI is InChI=1S/C10H12N4O5/c1-4-3-14(10(18)12-8(4)16)6-2-5(15)7(19-6)9(17)13-11/h3,5-7,13,15H,2H2,1H3,(H,12,16,18)/t5-,6+,7-/m0/s1. The van der Waals surface area contributed by atoms with Crippen molar-refractivity contribution in [3.63, 3.8) is 0 Å². The summed E-state index contributed by atoms with van der Waals surface area (Å²) in [6.45, 7) is 1.51. The molecule has 0 radical (unpaired) electrons. The molecule has 19 heavy (non-hydrogen) atoms. The van der Waals surface area contributed by atoms with Gasteiger partial charge < -0.3 is 15.4 Å². The lowest BCUT2D eigenvalue weighted by Gasteiger charge is -2.13. The largest absolute Gasteiger partial charge is 0.499 e. The van der Waals surface area contributed by atoms with Gasteiger partial charge in [0.1, 0.15) is 6.23 Å². The third-order valence-corrected chi connectivity index (χ3v) is 2.92. The number of aliphatic hydroxyl groups is 1. The molecule has 0 spiro atoms. The minimum Gasteiger partial charge on any atom is -0.499 e. The minimum atomic E-state index is -1.27. The second-order valence-corrected chi connectivity index (χ2v) is 4.27. The molecule has 9 heteroatoms. The zero-order chi connectivity index (χ0) is 14.2. The van der Waals surface area contributed by atoms with Crippen LogP contribution in [0.1, 0.15) is 18.2 Å². The predicted molar refractivity (Wildman–Crippen MR) is 59.9 cm³/mol. The van der Waals surface area contributed by atoms with Crippen molar-refractivity contribution in [2.45, 2.75) is 31.8 Å². The van der Waals surface area contributed by atoms with Gasteiger partial charge in [-0.15, -0.1) is 0 Å². The van der Waals surface area contributed by atoms with Crippen LogP contribution in [0.5, 0.6) is 0 Å². The highest BCUT2D eigenvalue weighted by Crippen LogP contribution is 2.27. The van der Waals surface area contributed by atoms with Crippen molar-refractivity contribution < 1.29 is 19.8 Å². The normalized spacial score (nSPS) is 26.3. The summed E-state index contributed by atoms with van der Waals surface area (Å²) < 4.78 is 6.29. The van der Waals surface area contributed by atoms with E-state index in [1.165, 1.54) is 18.2 Å². The van der Waals surface area contributed by atoms with E-state index in [2.05, 4.69) is 4.98 Å². The summed E-state index contributed by atoms with van der Waals surface area (Å²) in [6, 6.07) is 0. The Morgan fingerprint density at radius 2 is 2.32 bits per heavy atom. The fraction of sp³-hybridized carbons (Fsp3) is 0.500. The highest BCUT2D eigenvalue weighted by molar-refractivity contribution is 5.71. The Balaban J connectivity index is 2.33. The number of carbonyl (C=O) groups excluding carboxylic acids is 1. The zero-order valence-electron chi connectivity index (χ0n) is 9.99. The molecule has 3 atom stereocenters. The van der Waals surface area contributed by atoms with Crippen molar-refractivity contribution in [2.24, 2.45) is 0 Å². The molecule has 0 unspecified atom stereocenters. The average molecular weight is 268 g/mol. The molecule has 1 aromatic rings. The molecule has 102 valence electrons. The number of ether oxygens (including phenoxy) is 1. The summed E-state index contributed by atoms with van der Waals surface area (Å²) in [6.07, 6.45) is -2.04. The van der Waals surface area contributed by atoms with Crippen molar-refractivity contribution in [1.82, 2.24) is 9.55 Å². The molecule has 0 aliphatic carbocycles. The van der Waals surface area contributed by atoms with Gasteiger partial charge in [-0.1, -0.05) is 0 Å². The third-order valence-electron chi connectivity index (χ3n) is 2.92. The molecule has 9 nitrogen and oxygen atoms in total. The SMILES string of the molecule is Cc1cn([C@H]2C[C@H](O)[C@@H](C(=O)[NH+]=[N-])O2)c(=O)[nH]c1=O. The Bertz CT molecular complexity index is 634. The number of nitrogens with zero attached hydrogens (tertiary/aromatic N) is 2. The fourth-order valence-corrected chi connectivity index (χ4v) is 1.92. The quantitative estimate of drug-likeness (QED) is 0.495. The van der Waals surface area contributed by atoms with Gasteiger partial charge in [0.15, 0.2) is 0 Å². The zero-order valence-corrected chi connectivity index (χ0v) is 9.99. The lowest BCUT2D eigenvalue weighted by molar-refractivity contribution is -0.407. The summed E-state index contributed by atoms with van der Waals surface area (Å²) in [5, 5.41) is 11.0. The van der Waals surface area contributed by atoms with Crippen molar-refractivity contribution in [2.75, 3.05) is 0 Å². The van der Waals surface area contributed by atoms with Crippen LogP contribution in [0.3, 0.4) is 0 Å². The number of hydrogen-bond acceptors (Lipinski definition) is 5. The first kappa shape index (κ1) is 13.3. The van der Waals surface area contributed by atoms with Crippen LogP contribution in [0.15, 0.2) is 15.8 Å². The lowest BCUT2D eigenvalue weighted by atomic mass is 10.2. The molecule has 1 amide bonds. The van der Waals surface area contributed by atoms with E-state index in [4.69, 9.17) is 10.3 Å². The first-order chi connectivity index (χ1) is 8.93. The molecule has 0 saturated carbocycles. The van der Waals surface area contributed by atoms with Crippen LogP contribution in [0.2, 0.25) is 0 Å². The van der Waals surface area contributed by atoms with Crippen molar-refractivity contribution in [1.29, 1.82) is 0 Å². The van der Waals surface area contributed by atoms with Crippen molar-refractivity contribution in [3.8, 4) is 0 Å². The maximum atomic E-state index is 11.6. The summed E-state index contributed by atoms with van der Waals surface area (Å²) in [4.78, 5) is 36.2. The molecular weight excluding hydrogens is 256 g/mol. The maximum Gasteiger partial charge on any atom is 0.406 e. The molecule has 1 saturated heterocycles. The smallest absolute Gasteiger partial charge is 0.406 e. The van der Waals surface area contributed by atoms with Crippen molar-refractivity contribution >= 4 is 5.91 Å². The molecule has 1 aliphatic rings. The van der Waals surface area contributed by atoms with Gasteiger partial charge in [0, 0.05) is 18.2 Å². The highest BCUT2D eigenvalue weighted by Gasteiger charge is 2.42. The molecular formula is C10H12N4O5. The number of nitrogens with one attached hydrogen (secondary N) is 2. The van der Waals surface area contributed by atoms with Crippen LogP contribution in [0, 0.1) is 6.92 Å². The Kier molecular flexibility index (Phi) is 3.40. The average Bonchev–Trinajstić information content (AvgIpc) is 2.75. The predicted octanol–water partition coefficient (Wildman–Crippen LogP) is -2.88. The van der Waals surface area contributed by atoms with Crippen LogP contribution in [0.4, 0.5) is 0 Å². The first-order valence-corrected chi connectivity index (χ1v) is 5.53. The molecule has 3 N–H and O–H groups in total. The van der Waals surface area contributed by atoms with Crippen LogP contribution in [-0.4, -0.2) is 32.8 Å². The summed E-state index contributed by atoms with van der Waals surface area (Å²) in [7, 11) is 0. The number of H-pyrrole nitrogens is 1. The molecule has 2 heterocycles. The van der Waals surface area contributed by atoms with Crippen LogP contribution < -0.4 is 16.4 Å². The number of hydrogen-bond donors (Lipinski definition) is 3. The van der Waals surface area contributed by atoms with Crippen molar-refractivity contribution in [3.05, 3.63) is 38.1 Å². The second kappa shape index (κ2) is 4.86. The minimum absolute atomic E-state index is 0.0104. The summed E-state index contributed by atoms with van der Waals surface area (Å²) in [5.74, 6) is -0.899. The number of aromatic amines is 1. The first-order valence-electron chi connectivity index (χ1n) is 5.53. The topological polar surface area (TPSA) is 138 Å². The molecule has 0 bridgehead atoms. The summed E-state index contributed by atoms with van der Waals surface area (Å²) in [5.41, 5.74) is 7.59. The second-order valence-electron chi connectivity index (χ2n) is 4.27. The van der Waals surface area contributed by atoms with Gasteiger partial charge in [-0.25, -0.2) is 9.59 Å². The van der Waals surface area contributed by atoms with E-state index in [-0.39, 0.29) is 6.42 Å². The molecule has 1 fully saturated rings.